The van der Waals surface area contributed by atoms with Crippen LogP contribution in [0.15, 0.2) is 12.3 Å². The fraction of sp³-hybridized carbons (Fsp3) is 0.143. The van der Waals surface area contributed by atoms with E-state index in [0.29, 0.717) is 6.07 Å². The van der Waals surface area contributed by atoms with E-state index in [0.717, 1.165) is 6.20 Å². The maximum Gasteiger partial charge on any atom is 0.574 e. The number of alkyl halides is 3. The van der Waals surface area contributed by atoms with Gasteiger partial charge in [-0.25, -0.2) is 4.98 Å². The van der Waals surface area contributed by atoms with Crippen molar-refractivity contribution in [3.63, 3.8) is 0 Å². The van der Waals surface area contributed by atoms with Gasteiger partial charge in [0, 0.05) is 6.07 Å². The Labute approximate surface area is 91.8 Å². The van der Waals surface area contributed by atoms with Crippen LogP contribution in [-0.4, -0.2) is 16.6 Å². The van der Waals surface area contributed by atoms with Crippen LogP contribution in [0, 0.1) is 0 Å². The molecule has 82 valence electrons. The molecule has 1 rings (SSSR count). The Balaban J connectivity index is 3.03. The highest BCUT2D eigenvalue weighted by molar-refractivity contribution is 6.68. The molecular weight excluding hydrogens is 258 g/mol. The van der Waals surface area contributed by atoms with Crippen molar-refractivity contribution in [2.24, 2.45) is 0 Å². The van der Waals surface area contributed by atoms with Crippen molar-refractivity contribution >= 4 is 28.4 Å². The third kappa shape index (κ3) is 3.56. The first-order chi connectivity index (χ1) is 6.79. The molecule has 0 amide bonds. The Hall–Kier alpha value is -1.01. The van der Waals surface area contributed by atoms with Gasteiger partial charge in [-0.05, 0) is 11.6 Å². The Morgan fingerprint density at radius 2 is 2.07 bits per heavy atom. The van der Waals surface area contributed by atoms with Crippen LogP contribution in [0.1, 0.15) is 10.4 Å². The summed E-state index contributed by atoms with van der Waals surface area (Å²) in [5.74, 6) is -0.795. The second-order valence-corrected chi connectivity index (χ2v) is 3.07. The summed E-state index contributed by atoms with van der Waals surface area (Å²) in [7, 11) is 0. The van der Waals surface area contributed by atoms with Crippen LogP contribution in [0.4, 0.5) is 13.2 Å². The van der Waals surface area contributed by atoms with Crippen molar-refractivity contribution in [1.82, 2.24) is 4.98 Å². The number of pyridine rings is 1. The van der Waals surface area contributed by atoms with E-state index in [1.54, 1.807) is 0 Å². The SMILES string of the molecule is O=C(Cl)c1cc(OC(F)(F)F)ncc1Cl. The third-order valence-electron chi connectivity index (χ3n) is 1.26. The molecule has 1 aromatic rings. The van der Waals surface area contributed by atoms with Gasteiger partial charge in [-0.3, -0.25) is 4.79 Å². The van der Waals surface area contributed by atoms with Crippen LogP contribution >= 0.6 is 23.2 Å². The van der Waals surface area contributed by atoms with Crippen LogP contribution in [0.3, 0.4) is 0 Å². The summed E-state index contributed by atoms with van der Waals surface area (Å²) in [6, 6.07) is 0.713. The van der Waals surface area contributed by atoms with Crippen molar-refractivity contribution in [2.45, 2.75) is 6.36 Å². The summed E-state index contributed by atoms with van der Waals surface area (Å²) >= 11 is 10.5. The molecule has 0 aliphatic rings. The van der Waals surface area contributed by atoms with Crippen molar-refractivity contribution in [1.29, 1.82) is 0 Å². The molecule has 0 aromatic carbocycles. The lowest BCUT2D eigenvalue weighted by atomic mass is 10.3. The predicted octanol–water partition coefficient (Wildman–Crippen LogP) is 3.01. The number of rotatable bonds is 2. The van der Waals surface area contributed by atoms with E-state index in [-0.39, 0.29) is 10.6 Å². The number of carbonyl (C=O) groups excluding carboxylic acids is 1. The van der Waals surface area contributed by atoms with Crippen molar-refractivity contribution in [3.05, 3.63) is 22.8 Å². The molecule has 8 heteroatoms. The number of nitrogens with zero attached hydrogens (tertiary/aromatic N) is 1. The van der Waals surface area contributed by atoms with Crippen LogP contribution in [0.5, 0.6) is 5.88 Å². The fourth-order valence-electron chi connectivity index (χ4n) is 0.745. The van der Waals surface area contributed by atoms with Crippen molar-refractivity contribution in [2.75, 3.05) is 0 Å². The van der Waals surface area contributed by atoms with E-state index in [4.69, 9.17) is 23.2 Å². The predicted molar refractivity (Wildman–Crippen MR) is 46.1 cm³/mol. The van der Waals surface area contributed by atoms with Crippen LogP contribution in [0.2, 0.25) is 5.02 Å². The summed E-state index contributed by atoms with van der Waals surface area (Å²) in [4.78, 5) is 13.9. The number of ether oxygens (including phenoxy) is 1. The number of halogens is 5. The molecule has 0 saturated carbocycles. The molecule has 1 heterocycles. The smallest absolute Gasteiger partial charge is 0.388 e. The van der Waals surface area contributed by atoms with Gasteiger partial charge in [-0.1, -0.05) is 11.6 Å². The van der Waals surface area contributed by atoms with Gasteiger partial charge in [0.25, 0.3) is 5.24 Å². The molecule has 0 spiro atoms. The highest BCUT2D eigenvalue weighted by Crippen LogP contribution is 2.25. The lowest BCUT2D eigenvalue weighted by molar-refractivity contribution is -0.276. The first-order valence-electron chi connectivity index (χ1n) is 3.41. The molecule has 0 fully saturated rings. The Kier molecular flexibility index (Phi) is 3.41. The molecule has 0 bridgehead atoms. The van der Waals surface area contributed by atoms with Gasteiger partial charge in [0.05, 0.1) is 16.8 Å². The van der Waals surface area contributed by atoms with Crippen LogP contribution in [-0.2, 0) is 0 Å². The van der Waals surface area contributed by atoms with E-state index < -0.39 is 17.5 Å². The minimum absolute atomic E-state index is 0.149. The Bertz CT molecular complexity index is 394. The molecule has 0 saturated heterocycles. The summed E-state index contributed by atoms with van der Waals surface area (Å²) in [6.07, 6.45) is -4.04. The number of aromatic nitrogens is 1. The van der Waals surface area contributed by atoms with E-state index in [2.05, 4.69) is 9.72 Å². The second-order valence-electron chi connectivity index (χ2n) is 2.32. The molecule has 0 aliphatic heterocycles. The number of carbonyl (C=O) groups is 1. The third-order valence-corrected chi connectivity index (χ3v) is 1.77. The Morgan fingerprint density at radius 1 is 1.47 bits per heavy atom. The largest absolute Gasteiger partial charge is 0.574 e. The quantitative estimate of drug-likeness (QED) is 0.767. The zero-order chi connectivity index (χ0) is 11.6. The van der Waals surface area contributed by atoms with Gasteiger partial charge in [0.2, 0.25) is 5.88 Å². The van der Waals surface area contributed by atoms with Gasteiger partial charge >= 0.3 is 6.36 Å². The molecule has 0 unspecified atom stereocenters. The summed E-state index contributed by atoms with van der Waals surface area (Å²) < 4.78 is 38.8. The lowest BCUT2D eigenvalue weighted by Gasteiger charge is -2.08. The van der Waals surface area contributed by atoms with E-state index in [1.807, 2.05) is 0 Å². The van der Waals surface area contributed by atoms with Gasteiger partial charge in [-0.15, -0.1) is 13.2 Å². The first kappa shape index (κ1) is 12.1. The first-order valence-corrected chi connectivity index (χ1v) is 4.16. The molecule has 0 aliphatic carbocycles. The van der Waals surface area contributed by atoms with Gasteiger partial charge in [0.15, 0.2) is 0 Å². The number of hydrogen-bond acceptors (Lipinski definition) is 3. The normalized spacial score (nSPS) is 11.3. The molecule has 0 N–H and O–H groups in total. The zero-order valence-electron chi connectivity index (χ0n) is 6.81. The minimum Gasteiger partial charge on any atom is -0.388 e. The van der Waals surface area contributed by atoms with E-state index >= 15 is 0 Å². The number of hydrogen-bond donors (Lipinski definition) is 0. The molecule has 1 aromatic heterocycles. The molecule has 3 nitrogen and oxygen atoms in total. The van der Waals surface area contributed by atoms with Gasteiger partial charge in [0.1, 0.15) is 0 Å². The maximum absolute atomic E-state index is 11.8. The van der Waals surface area contributed by atoms with Crippen LogP contribution < -0.4 is 4.74 Å². The monoisotopic (exact) mass is 259 g/mol. The molecule has 0 atom stereocenters. The summed E-state index contributed by atoms with van der Waals surface area (Å²) in [5.41, 5.74) is -0.299. The highest BCUT2D eigenvalue weighted by atomic mass is 35.5. The Morgan fingerprint density at radius 3 is 2.53 bits per heavy atom. The van der Waals surface area contributed by atoms with E-state index in [1.165, 1.54) is 0 Å². The van der Waals surface area contributed by atoms with Crippen molar-refractivity contribution < 1.29 is 22.7 Å². The minimum atomic E-state index is -4.88. The maximum atomic E-state index is 11.8. The van der Waals surface area contributed by atoms with Crippen LogP contribution in [0.25, 0.3) is 0 Å². The average Bonchev–Trinajstić information content (AvgIpc) is 2.05. The fourth-order valence-corrected chi connectivity index (χ4v) is 1.14. The van der Waals surface area contributed by atoms with Gasteiger partial charge in [-0.2, -0.15) is 0 Å². The summed E-state index contributed by atoms with van der Waals surface area (Å²) in [5, 5.41) is -1.14. The van der Waals surface area contributed by atoms with Gasteiger partial charge < -0.3 is 4.74 Å². The molecule has 0 radical (unpaired) electrons. The standard InChI is InChI=1S/C7H2Cl2F3NO2/c8-4-2-13-5(15-7(10,11)12)1-3(4)6(9)14/h1-2H. The zero-order valence-corrected chi connectivity index (χ0v) is 8.32. The average molecular weight is 260 g/mol. The highest BCUT2D eigenvalue weighted by Gasteiger charge is 2.32. The molecule has 15 heavy (non-hydrogen) atoms. The lowest BCUT2D eigenvalue weighted by Crippen LogP contribution is -2.18. The topological polar surface area (TPSA) is 39.2 Å². The molecular formula is C7H2Cl2F3NO2. The summed E-state index contributed by atoms with van der Waals surface area (Å²) in [6.45, 7) is 0. The second kappa shape index (κ2) is 4.24. The van der Waals surface area contributed by atoms with Crippen molar-refractivity contribution in [3.8, 4) is 5.88 Å². The van der Waals surface area contributed by atoms with E-state index in [9.17, 15) is 18.0 Å².